The number of aliphatic carboxylic acids is 2. The van der Waals surface area contributed by atoms with Crippen molar-refractivity contribution < 1.29 is 19.8 Å². The normalized spacial score (nSPS) is 13.8. The summed E-state index contributed by atoms with van der Waals surface area (Å²) < 4.78 is 0. The van der Waals surface area contributed by atoms with Crippen molar-refractivity contribution >= 4 is 18.5 Å². The molecule has 0 aliphatic rings. The molecule has 0 spiro atoms. The van der Waals surface area contributed by atoms with Crippen LogP contribution in [0.15, 0.2) is 0 Å². The van der Waals surface area contributed by atoms with Crippen LogP contribution in [-0.4, -0.2) is 53.0 Å². The first-order valence-electron chi connectivity index (χ1n) is 6.77. The predicted molar refractivity (Wildman–Crippen MR) is 77.4 cm³/mol. The van der Waals surface area contributed by atoms with Gasteiger partial charge >= 0.3 is 109 Å². The maximum absolute atomic E-state index is 11.3. The third kappa shape index (κ3) is 4.56. The van der Waals surface area contributed by atoms with Gasteiger partial charge in [0.05, 0.1) is 0 Å². The number of hydrogen-bond donors (Lipinski definition) is 2. The number of rotatable bonds is 10. The van der Waals surface area contributed by atoms with Crippen molar-refractivity contribution in [1.82, 2.24) is 0 Å². The molecule has 0 aromatic rings. The van der Waals surface area contributed by atoms with E-state index in [1.807, 2.05) is 20.8 Å². The molecule has 4 nitrogen and oxygen atoms in total. The first-order chi connectivity index (χ1) is 8.33. The van der Waals surface area contributed by atoms with Crippen molar-refractivity contribution in [2.45, 2.75) is 40.0 Å². The van der Waals surface area contributed by atoms with E-state index >= 15 is 0 Å². The van der Waals surface area contributed by atoms with E-state index in [2.05, 4.69) is 0 Å². The minimum absolute atomic E-state index is 0.0907. The van der Waals surface area contributed by atoms with Crippen LogP contribution in [0.3, 0.4) is 0 Å². The van der Waals surface area contributed by atoms with Crippen LogP contribution < -0.4 is 0 Å². The van der Waals surface area contributed by atoms with Crippen LogP contribution in [0.2, 0.25) is 0 Å². The van der Waals surface area contributed by atoms with Gasteiger partial charge in [0, 0.05) is 0 Å². The van der Waals surface area contributed by atoms with Gasteiger partial charge in [0.15, 0.2) is 0 Å². The summed E-state index contributed by atoms with van der Waals surface area (Å²) in [6.07, 6.45) is 5.19. The van der Waals surface area contributed by atoms with Crippen LogP contribution in [0.1, 0.15) is 40.0 Å². The summed E-state index contributed by atoms with van der Waals surface area (Å²) in [7, 11) is 0. The first kappa shape index (κ1) is 17.4. The maximum atomic E-state index is 11.3. The van der Waals surface area contributed by atoms with Gasteiger partial charge in [-0.1, -0.05) is 0 Å². The summed E-state index contributed by atoms with van der Waals surface area (Å²) in [6, 6.07) is 0. The van der Waals surface area contributed by atoms with Crippen molar-refractivity contribution in [3.63, 3.8) is 0 Å². The van der Waals surface area contributed by atoms with Crippen molar-refractivity contribution in [2.24, 2.45) is 0 Å². The molecular weight excluding hydrogens is 251 g/mol. The second-order valence-electron chi connectivity index (χ2n) is 5.51. The molecule has 108 valence electrons. The zero-order valence-electron chi connectivity index (χ0n) is 11.8. The van der Waals surface area contributed by atoms with Crippen molar-refractivity contribution in [2.75, 3.05) is 30.8 Å². The van der Waals surface area contributed by atoms with Gasteiger partial charge in [-0.15, -0.1) is 0 Å². The molecule has 0 atom stereocenters. The topological polar surface area (TPSA) is 74.6 Å². The molecule has 5 heteroatoms. The Labute approximate surface area is 110 Å². The van der Waals surface area contributed by atoms with Crippen molar-refractivity contribution in [3.8, 4) is 0 Å². The van der Waals surface area contributed by atoms with Crippen LogP contribution >= 0.6 is 6.60 Å². The van der Waals surface area contributed by atoms with Crippen molar-refractivity contribution in [1.29, 1.82) is 0 Å². The molecule has 0 fully saturated rings. The monoisotopic (exact) mass is 278 g/mol. The molecule has 0 rings (SSSR count). The summed E-state index contributed by atoms with van der Waals surface area (Å²) in [5.41, 5.74) is 0. The minimum atomic E-state index is -2.66. The fourth-order valence-electron chi connectivity index (χ4n) is 3.53. The molecule has 0 aliphatic heterocycles. The van der Waals surface area contributed by atoms with Gasteiger partial charge in [0.2, 0.25) is 0 Å². The van der Waals surface area contributed by atoms with Gasteiger partial charge in [0.25, 0.3) is 0 Å². The Morgan fingerprint density at radius 2 is 1.06 bits per heavy atom. The van der Waals surface area contributed by atoms with Gasteiger partial charge in [-0.25, -0.2) is 0 Å². The summed E-state index contributed by atoms with van der Waals surface area (Å²) in [5.74, 6) is -1.66. The van der Waals surface area contributed by atoms with E-state index in [1.54, 1.807) is 0 Å². The molecule has 0 unspecified atom stereocenters. The van der Waals surface area contributed by atoms with Crippen LogP contribution in [-0.2, 0) is 9.59 Å². The van der Waals surface area contributed by atoms with Crippen LogP contribution in [0.5, 0.6) is 0 Å². The Bertz CT molecular complexity index is 262. The predicted octanol–water partition coefficient (Wildman–Crippen LogP) is 2.94. The number of hydrogen-bond acceptors (Lipinski definition) is 2. The zero-order chi connectivity index (χ0) is 14.3. The van der Waals surface area contributed by atoms with Gasteiger partial charge in [-0.2, -0.15) is 0 Å². The number of carbonyl (C=O) groups is 2. The third-order valence-electron chi connectivity index (χ3n) is 3.73. The van der Waals surface area contributed by atoms with Gasteiger partial charge in [-0.3, -0.25) is 0 Å². The van der Waals surface area contributed by atoms with Crippen LogP contribution in [0, 0.1) is 0 Å². The average Bonchev–Trinajstić information content (AvgIpc) is 2.15. The molecule has 0 radical (unpaired) electrons. The summed E-state index contributed by atoms with van der Waals surface area (Å²) in [4.78, 5) is 22.5. The Balaban J connectivity index is 5.57. The quantitative estimate of drug-likeness (QED) is 0.602. The molecule has 0 aromatic heterocycles. The third-order valence-corrected chi connectivity index (χ3v) is 11.2. The van der Waals surface area contributed by atoms with Crippen molar-refractivity contribution in [3.05, 3.63) is 0 Å². The van der Waals surface area contributed by atoms with E-state index in [9.17, 15) is 19.8 Å². The summed E-state index contributed by atoms with van der Waals surface area (Å²) in [6.45, 7) is 3.42. The molecule has 0 amide bonds. The molecule has 0 heterocycles. The second kappa shape index (κ2) is 7.08. The van der Waals surface area contributed by atoms with Gasteiger partial charge in [-0.05, 0) is 0 Å². The molecule has 18 heavy (non-hydrogen) atoms. The molecule has 0 aromatic carbocycles. The summed E-state index contributed by atoms with van der Waals surface area (Å²) in [5, 5.41) is 18.5. The number of carboxylic acid groups (broad SMARTS) is 2. The molecule has 2 N–H and O–H groups in total. The van der Waals surface area contributed by atoms with Crippen LogP contribution in [0.25, 0.3) is 0 Å². The van der Waals surface area contributed by atoms with E-state index in [4.69, 9.17) is 0 Å². The van der Waals surface area contributed by atoms with E-state index in [0.29, 0.717) is 0 Å². The van der Waals surface area contributed by atoms with E-state index < -0.39 is 18.5 Å². The van der Waals surface area contributed by atoms with E-state index in [-0.39, 0.29) is 12.3 Å². The first-order valence-corrected chi connectivity index (χ1v) is 9.93. The number of carboxylic acids is 2. The second-order valence-corrected chi connectivity index (χ2v) is 12.0. The Morgan fingerprint density at radius 3 is 1.22 bits per heavy atom. The average molecular weight is 278 g/mol. The SMILES string of the molecule is CCCP(CCC)(CCC)(CC(=O)O)CC(=O)O. The standard InChI is InChI=1S/C13H27O4P/c1-4-7-18(8-5-2,9-6-3,10-12(14)15)11-13(16)17/h4-11H2,1-3H3,(H,14,15)(H,16,17). The molecule has 0 saturated heterocycles. The fraction of sp³-hybridized carbons (Fsp3) is 0.846. The summed E-state index contributed by atoms with van der Waals surface area (Å²) >= 11 is 0. The van der Waals surface area contributed by atoms with Crippen LogP contribution in [0.4, 0.5) is 0 Å². The molecule has 0 bridgehead atoms. The molecular formula is C13H27O4P. The Kier molecular flexibility index (Phi) is 6.83. The Morgan fingerprint density at radius 1 is 0.778 bits per heavy atom. The molecule has 0 aliphatic carbocycles. The zero-order valence-corrected chi connectivity index (χ0v) is 12.7. The van der Waals surface area contributed by atoms with Gasteiger partial charge < -0.3 is 0 Å². The van der Waals surface area contributed by atoms with E-state index in [1.165, 1.54) is 0 Å². The molecule has 0 saturated carbocycles. The van der Waals surface area contributed by atoms with Gasteiger partial charge in [0.1, 0.15) is 0 Å². The Hall–Kier alpha value is -0.630. The van der Waals surface area contributed by atoms with E-state index in [0.717, 1.165) is 37.7 Å². The fourth-order valence-corrected chi connectivity index (χ4v) is 10.6.